The van der Waals surface area contributed by atoms with Crippen molar-refractivity contribution in [3.05, 3.63) is 0 Å². The molecule has 0 radical (unpaired) electrons. The Kier molecular flexibility index (Phi) is 2.02. The highest BCUT2D eigenvalue weighted by molar-refractivity contribution is 4.97. The second-order valence-corrected chi connectivity index (χ2v) is 3.52. The third-order valence-electron chi connectivity index (χ3n) is 2.49. The molecule has 1 aliphatic carbocycles. The molecular weight excluding hydrogens is 128 g/mol. The van der Waals surface area contributed by atoms with Crippen LogP contribution in [0.15, 0.2) is 0 Å². The summed E-state index contributed by atoms with van der Waals surface area (Å²) in [6.45, 7) is 6.82. The maximum Gasteiger partial charge on any atom is 0.0675 e. The average Bonchev–Trinajstić information content (AvgIpc) is 1.88. The van der Waals surface area contributed by atoms with Crippen LogP contribution >= 0.6 is 0 Å². The molecule has 0 aliphatic heterocycles. The van der Waals surface area contributed by atoms with Gasteiger partial charge in [0.25, 0.3) is 0 Å². The smallest absolute Gasteiger partial charge is 0.0675 e. The summed E-state index contributed by atoms with van der Waals surface area (Å²) in [6, 6.07) is 0. The number of hydrogen-bond acceptors (Lipinski definition) is 2. The summed E-state index contributed by atoms with van der Waals surface area (Å²) in [6.07, 6.45) is 0.914. The van der Waals surface area contributed by atoms with Gasteiger partial charge in [-0.05, 0) is 6.92 Å². The monoisotopic (exact) mass is 144 g/mol. The van der Waals surface area contributed by atoms with Crippen LogP contribution < -0.4 is 0 Å². The second kappa shape index (κ2) is 2.51. The first-order chi connectivity index (χ1) is 4.59. The van der Waals surface area contributed by atoms with Crippen LogP contribution in [-0.4, -0.2) is 23.9 Å². The fourth-order valence-corrected chi connectivity index (χ4v) is 1.35. The van der Waals surface area contributed by atoms with Gasteiger partial charge in [0.05, 0.1) is 12.2 Å². The highest BCUT2D eigenvalue weighted by Crippen LogP contribution is 2.42. The van der Waals surface area contributed by atoms with Crippen molar-refractivity contribution in [1.29, 1.82) is 0 Å². The Bertz CT molecular complexity index is 118. The fourth-order valence-electron chi connectivity index (χ4n) is 1.35. The summed E-state index contributed by atoms with van der Waals surface area (Å²) in [7, 11) is 0. The van der Waals surface area contributed by atoms with Crippen molar-refractivity contribution in [2.45, 2.75) is 39.4 Å². The van der Waals surface area contributed by atoms with Crippen LogP contribution in [0.2, 0.25) is 0 Å². The standard InChI is InChI=1S/C8H16O2/c1-4-10-7-5-6(9)8(7,2)3/h6-7,9H,4-5H2,1-3H3/t6-,7+/m0/s1. The molecule has 1 saturated carbocycles. The largest absolute Gasteiger partial charge is 0.392 e. The van der Waals surface area contributed by atoms with Crippen LogP contribution in [0, 0.1) is 5.41 Å². The minimum Gasteiger partial charge on any atom is -0.392 e. The Morgan fingerprint density at radius 2 is 2.20 bits per heavy atom. The van der Waals surface area contributed by atoms with Gasteiger partial charge < -0.3 is 9.84 Å². The van der Waals surface area contributed by atoms with E-state index in [2.05, 4.69) is 0 Å². The molecule has 0 spiro atoms. The molecule has 0 unspecified atom stereocenters. The van der Waals surface area contributed by atoms with Crippen molar-refractivity contribution in [3.63, 3.8) is 0 Å². The lowest BCUT2D eigenvalue weighted by Crippen LogP contribution is -2.54. The van der Waals surface area contributed by atoms with E-state index in [1.807, 2.05) is 20.8 Å². The van der Waals surface area contributed by atoms with Gasteiger partial charge in [0.1, 0.15) is 0 Å². The molecule has 0 saturated heterocycles. The molecule has 0 aromatic heterocycles. The number of rotatable bonds is 2. The molecule has 0 aromatic rings. The molecule has 0 bridgehead atoms. The highest BCUT2D eigenvalue weighted by Gasteiger charge is 2.47. The van der Waals surface area contributed by atoms with E-state index < -0.39 is 0 Å². The maximum atomic E-state index is 9.29. The van der Waals surface area contributed by atoms with Gasteiger partial charge in [0.2, 0.25) is 0 Å². The summed E-state index contributed by atoms with van der Waals surface area (Å²) in [5, 5.41) is 9.29. The summed E-state index contributed by atoms with van der Waals surface area (Å²) < 4.78 is 5.40. The van der Waals surface area contributed by atoms with Gasteiger partial charge >= 0.3 is 0 Å². The van der Waals surface area contributed by atoms with Crippen molar-refractivity contribution >= 4 is 0 Å². The summed E-state index contributed by atoms with van der Waals surface area (Å²) in [5.74, 6) is 0. The van der Waals surface area contributed by atoms with Crippen molar-refractivity contribution in [3.8, 4) is 0 Å². The topological polar surface area (TPSA) is 29.5 Å². The van der Waals surface area contributed by atoms with Gasteiger partial charge in [0.15, 0.2) is 0 Å². The molecule has 1 rings (SSSR count). The molecular formula is C8H16O2. The number of ether oxygens (including phenoxy) is 1. The van der Waals surface area contributed by atoms with E-state index in [9.17, 15) is 5.11 Å². The molecule has 60 valence electrons. The zero-order valence-corrected chi connectivity index (χ0v) is 6.92. The minimum atomic E-state index is -0.163. The zero-order valence-electron chi connectivity index (χ0n) is 6.92. The van der Waals surface area contributed by atoms with Crippen LogP contribution in [-0.2, 0) is 4.74 Å². The zero-order chi connectivity index (χ0) is 7.78. The van der Waals surface area contributed by atoms with Gasteiger partial charge in [0, 0.05) is 18.4 Å². The van der Waals surface area contributed by atoms with E-state index in [-0.39, 0.29) is 17.6 Å². The molecule has 1 N–H and O–H groups in total. The van der Waals surface area contributed by atoms with Crippen LogP contribution in [0.25, 0.3) is 0 Å². The summed E-state index contributed by atoms with van der Waals surface area (Å²) in [5.41, 5.74) is -0.0178. The number of aliphatic hydroxyl groups excluding tert-OH is 1. The number of hydrogen-bond donors (Lipinski definition) is 1. The van der Waals surface area contributed by atoms with Crippen molar-refractivity contribution < 1.29 is 9.84 Å². The Morgan fingerprint density at radius 3 is 2.50 bits per heavy atom. The van der Waals surface area contributed by atoms with Crippen molar-refractivity contribution in [1.82, 2.24) is 0 Å². The molecule has 10 heavy (non-hydrogen) atoms. The number of aliphatic hydroxyl groups is 1. The lowest BCUT2D eigenvalue weighted by molar-refractivity contribution is -0.172. The highest BCUT2D eigenvalue weighted by atomic mass is 16.5. The lowest BCUT2D eigenvalue weighted by Gasteiger charge is -2.48. The van der Waals surface area contributed by atoms with E-state index in [0.717, 1.165) is 13.0 Å². The van der Waals surface area contributed by atoms with Crippen LogP contribution in [0.5, 0.6) is 0 Å². The predicted octanol–water partition coefficient (Wildman–Crippen LogP) is 1.18. The van der Waals surface area contributed by atoms with E-state index in [4.69, 9.17) is 4.74 Å². The van der Waals surface area contributed by atoms with Gasteiger partial charge in [-0.3, -0.25) is 0 Å². The second-order valence-electron chi connectivity index (χ2n) is 3.52. The molecule has 0 heterocycles. The SMILES string of the molecule is CCO[C@@H]1C[C@H](O)C1(C)C. The summed E-state index contributed by atoms with van der Waals surface area (Å²) >= 11 is 0. The van der Waals surface area contributed by atoms with E-state index in [0.29, 0.717) is 0 Å². The first-order valence-electron chi connectivity index (χ1n) is 3.88. The van der Waals surface area contributed by atoms with Crippen LogP contribution in [0.1, 0.15) is 27.2 Å². The third kappa shape index (κ3) is 1.06. The predicted molar refractivity (Wildman–Crippen MR) is 39.8 cm³/mol. The van der Waals surface area contributed by atoms with Crippen molar-refractivity contribution in [2.24, 2.45) is 5.41 Å². The van der Waals surface area contributed by atoms with Crippen LogP contribution in [0.4, 0.5) is 0 Å². The average molecular weight is 144 g/mol. The van der Waals surface area contributed by atoms with E-state index >= 15 is 0 Å². The molecule has 2 nitrogen and oxygen atoms in total. The Morgan fingerprint density at radius 1 is 1.60 bits per heavy atom. The molecule has 0 amide bonds. The Labute approximate surface area is 62.2 Å². The maximum absolute atomic E-state index is 9.29. The van der Waals surface area contributed by atoms with Gasteiger partial charge in [-0.25, -0.2) is 0 Å². The molecule has 1 fully saturated rings. The first kappa shape index (κ1) is 8.02. The quantitative estimate of drug-likeness (QED) is 0.630. The molecule has 1 aliphatic rings. The van der Waals surface area contributed by atoms with Gasteiger partial charge in [-0.1, -0.05) is 13.8 Å². The van der Waals surface area contributed by atoms with Crippen LogP contribution in [0.3, 0.4) is 0 Å². The first-order valence-corrected chi connectivity index (χ1v) is 3.88. The third-order valence-corrected chi connectivity index (χ3v) is 2.49. The fraction of sp³-hybridized carbons (Fsp3) is 1.00. The van der Waals surface area contributed by atoms with E-state index in [1.165, 1.54) is 0 Å². The van der Waals surface area contributed by atoms with E-state index in [1.54, 1.807) is 0 Å². The van der Waals surface area contributed by atoms with Crippen molar-refractivity contribution in [2.75, 3.05) is 6.61 Å². The summed E-state index contributed by atoms with van der Waals surface area (Å²) in [4.78, 5) is 0. The van der Waals surface area contributed by atoms with Gasteiger partial charge in [-0.2, -0.15) is 0 Å². The Balaban J connectivity index is 2.39. The Hall–Kier alpha value is -0.0800. The molecule has 2 heteroatoms. The molecule has 2 atom stereocenters. The molecule has 0 aromatic carbocycles. The normalized spacial score (nSPS) is 37.2. The lowest BCUT2D eigenvalue weighted by atomic mass is 9.66. The van der Waals surface area contributed by atoms with Gasteiger partial charge in [-0.15, -0.1) is 0 Å². The minimum absolute atomic E-state index is 0.0178.